The van der Waals surface area contributed by atoms with Crippen molar-refractivity contribution in [2.45, 2.75) is 39.7 Å². The SMILES string of the molecule is CC(=O)N1C[C@@H](F)[C@@H](OCc2nc3cc(C)c(C)cc3[nH]2)C1. The summed E-state index contributed by atoms with van der Waals surface area (Å²) >= 11 is 0. The van der Waals surface area contributed by atoms with Crippen molar-refractivity contribution in [3.05, 3.63) is 29.1 Å². The normalized spacial score (nSPS) is 21.7. The average molecular weight is 305 g/mol. The monoisotopic (exact) mass is 305 g/mol. The lowest BCUT2D eigenvalue weighted by Gasteiger charge is -2.13. The predicted molar refractivity (Wildman–Crippen MR) is 81.3 cm³/mol. The van der Waals surface area contributed by atoms with Crippen LogP contribution in [-0.4, -0.2) is 46.1 Å². The van der Waals surface area contributed by atoms with Crippen LogP contribution in [0.15, 0.2) is 12.1 Å². The molecule has 0 aliphatic carbocycles. The van der Waals surface area contributed by atoms with E-state index in [4.69, 9.17) is 4.74 Å². The first-order valence-electron chi connectivity index (χ1n) is 7.41. The molecule has 1 aromatic heterocycles. The van der Waals surface area contributed by atoms with Crippen LogP contribution in [0.2, 0.25) is 0 Å². The third kappa shape index (κ3) is 2.83. The summed E-state index contributed by atoms with van der Waals surface area (Å²) in [6.45, 7) is 6.16. The van der Waals surface area contributed by atoms with Gasteiger partial charge in [0, 0.05) is 13.5 Å². The molecule has 0 unspecified atom stereocenters. The molecule has 1 aromatic carbocycles. The highest BCUT2D eigenvalue weighted by molar-refractivity contribution is 5.77. The van der Waals surface area contributed by atoms with Gasteiger partial charge in [-0.15, -0.1) is 0 Å². The predicted octanol–water partition coefficient (Wildman–Crippen LogP) is 2.27. The van der Waals surface area contributed by atoms with E-state index >= 15 is 0 Å². The zero-order valence-electron chi connectivity index (χ0n) is 13.0. The van der Waals surface area contributed by atoms with Gasteiger partial charge in [-0.05, 0) is 37.1 Å². The Balaban J connectivity index is 1.68. The first-order chi connectivity index (χ1) is 10.4. The van der Waals surface area contributed by atoms with Gasteiger partial charge in [0.25, 0.3) is 0 Å². The largest absolute Gasteiger partial charge is 0.365 e. The molecule has 1 amide bonds. The molecule has 2 heterocycles. The highest BCUT2D eigenvalue weighted by atomic mass is 19.1. The van der Waals surface area contributed by atoms with Gasteiger partial charge >= 0.3 is 0 Å². The third-order valence-electron chi connectivity index (χ3n) is 4.22. The molecule has 22 heavy (non-hydrogen) atoms. The molecule has 0 radical (unpaired) electrons. The summed E-state index contributed by atoms with van der Waals surface area (Å²) in [5.74, 6) is 0.553. The summed E-state index contributed by atoms with van der Waals surface area (Å²) < 4.78 is 19.5. The number of carbonyl (C=O) groups excluding carboxylic acids is 1. The number of hydrogen-bond donors (Lipinski definition) is 1. The minimum absolute atomic E-state index is 0.110. The number of ether oxygens (including phenoxy) is 1. The van der Waals surface area contributed by atoms with E-state index in [9.17, 15) is 9.18 Å². The van der Waals surface area contributed by atoms with E-state index in [1.807, 2.05) is 26.0 Å². The van der Waals surface area contributed by atoms with Crippen LogP contribution in [0.4, 0.5) is 4.39 Å². The molecule has 0 saturated carbocycles. The summed E-state index contributed by atoms with van der Waals surface area (Å²) in [6.07, 6.45) is -1.72. The lowest BCUT2D eigenvalue weighted by atomic mass is 10.1. The van der Waals surface area contributed by atoms with Gasteiger partial charge in [-0.3, -0.25) is 4.79 Å². The standard InChI is InChI=1S/C16H20FN3O2/c1-9-4-13-14(5-10(9)2)19-16(18-13)8-22-15-7-20(11(3)21)6-12(15)17/h4-5,12,15H,6-8H2,1-3H3,(H,18,19)/t12-,15+/m1/s1. The van der Waals surface area contributed by atoms with E-state index in [0.29, 0.717) is 12.4 Å². The number of halogens is 1. The van der Waals surface area contributed by atoms with Crippen LogP contribution in [0, 0.1) is 13.8 Å². The van der Waals surface area contributed by atoms with Crippen molar-refractivity contribution in [2.75, 3.05) is 13.1 Å². The molecule has 1 N–H and O–H groups in total. The van der Waals surface area contributed by atoms with Crippen LogP contribution < -0.4 is 0 Å². The Kier molecular flexibility index (Phi) is 3.87. The Morgan fingerprint density at radius 3 is 2.82 bits per heavy atom. The molecular formula is C16H20FN3O2. The highest BCUT2D eigenvalue weighted by Gasteiger charge is 2.35. The van der Waals surface area contributed by atoms with Gasteiger partial charge in [0.2, 0.25) is 5.91 Å². The second-order valence-corrected chi connectivity index (χ2v) is 5.93. The van der Waals surface area contributed by atoms with Gasteiger partial charge < -0.3 is 14.6 Å². The summed E-state index contributed by atoms with van der Waals surface area (Å²) in [5.41, 5.74) is 4.22. The lowest BCUT2D eigenvalue weighted by Crippen LogP contribution is -2.27. The number of nitrogens with zero attached hydrogens (tertiary/aromatic N) is 2. The van der Waals surface area contributed by atoms with E-state index in [2.05, 4.69) is 9.97 Å². The van der Waals surface area contributed by atoms with E-state index < -0.39 is 12.3 Å². The number of alkyl halides is 1. The number of carbonyl (C=O) groups is 1. The lowest BCUT2D eigenvalue weighted by molar-refractivity contribution is -0.128. The average Bonchev–Trinajstić information content (AvgIpc) is 3.00. The van der Waals surface area contributed by atoms with Crippen LogP contribution >= 0.6 is 0 Å². The maximum atomic E-state index is 13.9. The molecule has 0 spiro atoms. The van der Waals surface area contributed by atoms with Crippen LogP contribution in [0.1, 0.15) is 23.9 Å². The van der Waals surface area contributed by atoms with E-state index in [0.717, 1.165) is 11.0 Å². The topological polar surface area (TPSA) is 58.2 Å². The maximum Gasteiger partial charge on any atom is 0.219 e. The van der Waals surface area contributed by atoms with Crippen molar-refractivity contribution in [3.8, 4) is 0 Å². The molecular weight excluding hydrogens is 285 g/mol. The highest BCUT2D eigenvalue weighted by Crippen LogP contribution is 2.20. The number of hydrogen-bond acceptors (Lipinski definition) is 3. The zero-order valence-corrected chi connectivity index (χ0v) is 13.0. The second kappa shape index (κ2) is 5.68. The number of imidazole rings is 1. The number of rotatable bonds is 3. The summed E-state index contributed by atoms with van der Waals surface area (Å²) in [5, 5.41) is 0. The number of likely N-dealkylation sites (tertiary alicyclic amines) is 1. The number of aromatic nitrogens is 2. The number of amides is 1. The molecule has 5 nitrogen and oxygen atoms in total. The zero-order chi connectivity index (χ0) is 15.9. The maximum absolute atomic E-state index is 13.9. The Labute approximate surface area is 128 Å². The molecule has 3 rings (SSSR count). The van der Waals surface area contributed by atoms with E-state index in [1.54, 1.807) is 0 Å². The Morgan fingerprint density at radius 2 is 2.14 bits per heavy atom. The van der Waals surface area contributed by atoms with Gasteiger partial charge in [0.05, 0.1) is 17.6 Å². The van der Waals surface area contributed by atoms with Crippen LogP contribution in [0.3, 0.4) is 0 Å². The fourth-order valence-electron chi connectivity index (χ4n) is 2.73. The van der Waals surface area contributed by atoms with Gasteiger partial charge in [-0.25, -0.2) is 9.37 Å². The summed E-state index contributed by atoms with van der Waals surface area (Å²) in [4.78, 5) is 20.4. The Morgan fingerprint density at radius 1 is 1.41 bits per heavy atom. The number of nitrogens with one attached hydrogen (secondary N) is 1. The summed E-state index contributed by atoms with van der Waals surface area (Å²) in [7, 11) is 0. The molecule has 1 saturated heterocycles. The summed E-state index contributed by atoms with van der Waals surface area (Å²) in [6, 6.07) is 4.07. The Hall–Kier alpha value is -1.95. The van der Waals surface area contributed by atoms with Crippen LogP contribution in [-0.2, 0) is 16.1 Å². The third-order valence-corrected chi connectivity index (χ3v) is 4.22. The second-order valence-electron chi connectivity index (χ2n) is 5.93. The van der Waals surface area contributed by atoms with Crippen molar-refractivity contribution in [3.63, 3.8) is 0 Å². The van der Waals surface area contributed by atoms with Crippen molar-refractivity contribution in [1.29, 1.82) is 0 Å². The molecule has 118 valence electrons. The van der Waals surface area contributed by atoms with Gasteiger partial charge in [-0.1, -0.05) is 0 Å². The first kappa shape index (κ1) is 15.0. The van der Waals surface area contributed by atoms with E-state index in [1.165, 1.54) is 23.0 Å². The van der Waals surface area contributed by atoms with Gasteiger partial charge in [0.15, 0.2) is 0 Å². The molecule has 1 aliphatic heterocycles. The molecule has 6 heteroatoms. The number of benzene rings is 1. The molecule has 2 atom stereocenters. The molecule has 2 aromatic rings. The van der Waals surface area contributed by atoms with Gasteiger partial charge in [0.1, 0.15) is 24.7 Å². The number of fused-ring (bicyclic) bond motifs is 1. The quantitative estimate of drug-likeness (QED) is 0.946. The Bertz CT molecular complexity index is 674. The fourth-order valence-corrected chi connectivity index (χ4v) is 2.73. The van der Waals surface area contributed by atoms with Crippen LogP contribution in [0.5, 0.6) is 0 Å². The minimum Gasteiger partial charge on any atom is -0.365 e. The van der Waals surface area contributed by atoms with Crippen molar-refractivity contribution in [2.24, 2.45) is 0 Å². The smallest absolute Gasteiger partial charge is 0.219 e. The molecule has 1 fully saturated rings. The number of H-pyrrole nitrogens is 1. The van der Waals surface area contributed by atoms with Gasteiger partial charge in [-0.2, -0.15) is 0 Å². The fraction of sp³-hybridized carbons (Fsp3) is 0.500. The number of aromatic amines is 1. The van der Waals surface area contributed by atoms with Crippen molar-refractivity contribution >= 4 is 16.9 Å². The van der Waals surface area contributed by atoms with Crippen molar-refractivity contribution in [1.82, 2.24) is 14.9 Å². The van der Waals surface area contributed by atoms with Crippen LogP contribution in [0.25, 0.3) is 11.0 Å². The van der Waals surface area contributed by atoms with E-state index in [-0.39, 0.29) is 19.1 Å². The first-order valence-corrected chi connectivity index (χ1v) is 7.41. The minimum atomic E-state index is -1.14. The van der Waals surface area contributed by atoms with Crippen molar-refractivity contribution < 1.29 is 13.9 Å². The molecule has 0 bridgehead atoms. The number of aryl methyl sites for hydroxylation is 2. The molecule has 1 aliphatic rings.